The highest BCUT2D eigenvalue weighted by atomic mass is 16.2. The van der Waals surface area contributed by atoms with Gasteiger partial charge >= 0.3 is 0 Å². The number of hydrogen-bond donors (Lipinski definition) is 1. The van der Waals surface area contributed by atoms with Crippen molar-refractivity contribution in [3.8, 4) is 0 Å². The minimum Gasteiger partial charge on any atom is -0.342 e. The lowest BCUT2D eigenvalue weighted by Crippen LogP contribution is -2.49. The van der Waals surface area contributed by atoms with E-state index in [-0.39, 0.29) is 11.3 Å². The Morgan fingerprint density at radius 2 is 1.82 bits per heavy atom. The van der Waals surface area contributed by atoms with Gasteiger partial charge in [-0.15, -0.1) is 0 Å². The summed E-state index contributed by atoms with van der Waals surface area (Å²) in [6.45, 7) is 8.51. The minimum absolute atomic E-state index is 0.267. The largest absolute Gasteiger partial charge is 0.342 e. The fourth-order valence-electron chi connectivity index (χ4n) is 3.70. The van der Waals surface area contributed by atoms with Crippen LogP contribution in [0, 0.1) is 12.3 Å². The molecule has 1 heterocycles. The first-order chi connectivity index (χ1) is 10.6. The SMILES string of the molecule is CCC(CC)(CN)C(=O)N1CCC(c2ccccc2C)CC1. The standard InChI is InChI=1S/C19H30N2O/c1-4-19(5-2,14-20)18(22)21-12-10-16(11-13-21)17-9-7-6-8-15(17)3/h6-9,16H,4-5,10-14,20H2,1-3H3. The number of benzene rings is 1. The van der Waals surface area contributed by atoms with E-state index in [2.05, 4.69) is 49.9 Å². The molecule has 1 fully saturated rings. The number of likely N-dealkylation sites (tertiary alicyclic amines) is 1. The highest BCUT2D eigenvalue weighted by Crippen LogP contribution is 2.33. The van der Waals surface area contributed by atoms with Gasteiger partial charge in [0.15, 0.2) is 0 Å². The van der Waals surface area contributed by atoms with E-state index < -0.39 is 0 Å². The summed E-state index contributed by atoms with van der Waals surface area (Å²) in [7, 11) is 0. The molecule has 1 aromatic rings. The maximum atomic E-state index is 12.9. The van der Waals surface area contributed by atoms with Gasteiger partial charge in [0.2, 0.25) is 5.91 Å². The van der Waals surface area contributed by atoms with E-state index in [9.17, 15) is 4.79 Å². The molecular weight excluding hydrogens is 272 g/mol. The Morgan fingerprint density at radius 3 is 2.32 bits per heavy atom. The fraction of sp³-hybridized carbons (Fsp3) is 0.632. The molecule has 2 rings (SSSR count). The van der Waals surface area contributed by atoms with Gasteiger partial charge in [-0.1, -0.05) is 38.1 Å². The van der Waals surface area contributed by atoms with Crippen LogP contribution in [0.5, 0.6) is 0 Å². The monoisotopic (exact) mass is 302 g/mol. The molecule has 0 radical (unpaired) electrons. The van der Waals surface area contributed by atoms with E-state index in [4.69, 9.17) is 5.73 Å². The van der Waals surface area contributed by atoms with Gasteiger partial charge in [0.25, 0.3) is 0 Å². The number of aryl methyl sites for hydroxylation is 1. The summed E-state index contributed by atoms with van der Waals surface area (Å²) in [5, 5.41) is 0. The zero-order valence-corrected chi connectivity index (χ0v) is 14.3. The zero-order chi connectivity index (χ0) is 16.2. The van der Waals surface area contributed by atoms with Crippen molar-refractivity contribution in [1.82, 2.24) is 4.90 Å². The number of nitrogens with zero attached hydrogens (tertiary/aromatic N) is 1. The molecule has 0 atom stereocenters. The molecular formula is C19H30N2O. The van der Waals surface area contributed by atoms with Crippen LogP contribution in [0.2, 0.25) is 0 Å². The molecule has 1 amide bonds. The maximum Gasteiger partial charge on any atom is 0.230 e. The first kappa shape index (κ1) is 17.0. The molecule has 0 aromatic heterocycles. The Hall–Kier alpha value is -1.35. The second-order valence-corrected chi connectivity index (χ2v) is 6.61. The third kappa shape index (κ3) is 3.19. The Balaban J connectivity index is 2.03. The van der Waals surface area contributed by atoms with Gasteiger partial charge in [0.05, 0.1) is 5.41 Å². The number of piperidine rings is 1. The molecule has 0 saturated carbocycles. The molecule has 1 aromatic carbocycles. The van der Waals surface area contributed by atoms with Crippen molar-refractivity contribution in [3.63, 3.8) is 0 Å². The lowest BCUT2D eigenvalue weighted by molar-refractivity contribution is -0.143. The molecule has 1 aliphatic rings. The minimum atomic E-state index is -0.352. The molecule has 3 nitrogen and oxygen atoms in total. The molecule has 3 heteroatoms. The highest BCUT2D eigenvalue weighted by Gasteiger charge is 2.38. The number of carbonyl (C=O) groups excluding carboxylic acids is 1. The van der Waals surface area contributed by atoms with Crippen LogP contribution in [0.4, 0.5) is 0 Å². The van der Waals surface area contributed by atoms with Crippen molar-refractivity contribution in [2.24, 2.45) is 11.1 Å². The van der Waals surface area contributed by atoms with Gasteiger partial charge in [-0.05, 0) is 49.7 Å². The van der Waals surface area contributed by atoms with Gasteiger partial charge in [0, 0.05) is 19.6 Å². The first-order valence-corrected chi connectivity index (χ1v) is 8.63. The van der Waals surface area contributed by atoms with Crippen LogP contribution in [0.1, 0.15) is 56.6 Å². The first-order valence-electron chi connectivity index (χ1n) is 8.63. The Bertz CT molecular complexity index is 492. The van der Waals surface area contributed by atoms with Crippen molar-refractivity contribution in [2.45, 2.75) is 52.4 Å². The van der Waals surface area contributed by atoms with Crippen LogP contribution in [0.25, 0.3) is 0 Å². The van der Waals surface area contributed by atoms with E-state index in [0.717, 1.165) is 38.8 Å². The van der Waals surface area contributed by atoms with Crippen LogP contribution in [0.15, 0.2) is 24.3 Å². The second-order valence-electron chi connectivity index (χ2n) is 6.61. The van der Waals surface area contributed by atoms with Crippen molar-refractivity contribution in [2.75, 3.05) is 19.6 Å². The van der Waals surface area contributed by atoms with Crippen LogP contribution in [-0.4, -0.2) is 30.4 Å². The molecule has 0 unspecified atom stereocenters. The van der Waals surface area contributed by atoms with Gasteiger partial charge < -0.3 is 10.6 Å². The zero-order valence-electron chi connectivity index (χ0n) is 14.3. The molecule has 2 N–H and O–H groups in total. The van der Waals surface area contributed by atoms with Crippen molar-refractivity contribution in [3.05, 3.63) is 35.4 Å². The quantitative estimate of drug-likeness (QED) is 0.905. The topological polar surface area (TPSA) is 46.3 Å². The lowest BCUT2D eigenvalue weighted by atomic mass is 9.79. The third-order valence-electron chi connectivity index (χ3n) is 5.61. The Kier molecular flexibility index (Phi) is 5.63. The maximum absolute atomic E-state index is 12.9. The number of nitrogens with two attached hydrogens (primary N) is 1. The molecule has 0 spiro atoms. The normalized spacial score (nSPS) is 16.8. The smallest absolute Gasteiger partial charge is 0.230 e. The summed E-state index contributed by atoms with van der Waals surface area (Å²) in [6.07, 6.45) is 3.78. The molecule has 122 valence electrons. The molecule has 0 aliphatic carbocycles. The lowest BCUT2D eigenvalue weighted by Gasteiger charge is -2.39. The van der Waals surface area contributed by atoms with Crippen LogP contribution >= 0.6 is 0 Å². The van der Waals surface area contributed by atoms with Crippen LogP contribution in [0.3, 0.4) is 0 Å². The predicted octanol–water partition coefficient (Wildman–Crippen LogP) is 3.47. The Morgan fingerprint density at radius 1 is 1.23 bits per heavy atom. The summed E-state index contributed by atoms with van der Waals surface area (Å²) in [6, 6.07) is 8.63. The summed E-state index contributed by atoms with van der Waals surface area (Å²) in [5.41, 5.74) is 8.39. The summed E-state index contributed by atoms with van der Waals surface area (Å²) in [5.74, 6) is 0.851. The van der Waals surface area contributed by atoms with Gasteiger partial charge in [-0.25, -0.2) is 0 Å². The predicted molar refractivity (Wildman–Crippen MR) is 91.8 cm³/mol. The summed E-state index contributed by atoms with van der Waals surface area (Å²) < 4.78 is 0. The highest BCUT2D eigenvalue weighted by molar-refractivity contribution is 5.83. The second kappa shape index (κ2) is 7.28. The van der Waals surface area contributed by atoms with E-state index in [1.165, 1.54) is 11.1 Å². The molecule has 22 heavy (non-hydrogen) atoms. The molecule has 1 saturated heterocycles. The Labute approximate surface area is 134 Å². The van der Waals surface area contributed by atoms with Crippen molar-refractivity contribution in [1.29, 1.82) is 0 Å². The third-order valence-corrected chi connectivity index (χ3v) is 5.61. The average Bonchev–Trinajstić information content (AvgIpc) is 2.57. The summed E-state index contributed by atoms with van der Waals surface area (Å²) in [4.78, 5) is 14.9. The molecule has 0 bridgehead atoms. The number of rotatable bonds is 5. The number of carbonyl (C=O) groups is 1. The van der Waals surface area contributed by atoms with E-state index >= 15 is 0 Å². The fourth-order valence-corrected chi connectivity index (χ4v) is 3.70. The van der Waals surface area contributed by atoms with Crippen molar-refractivity contribution >= 4 is 5.91 Å². The van der Waals surface area contributed by atoms with Crippen LogP contribution < -0.4 is 5.73 Å². The van der Waals surface area contributed by atoms with E-state index in [1.807, 2.05) is 0 Å². The van der Waals surface area contributed by atoms with E-state index in [1.54, 1.807) is 0 Å². The van der Waals surface area contributed by atoms with Crippen LogP contribution in [-0.2, 0) is 4.79 Å². The van der Waals surface area contributed by atoms with Gasteiger partial charge in [0.1, 0.15) is 0 Å². The summed E-state index contributed by atoms with van der Waals surface area (Å²) >= 11 is 0. The van der Waals surface area contributed by atoms with Gasteiger partial charge in [-0.2, -0.15) is 0 Å². The van der Waals surface area contributed by atoms with Gasteiger partial charge in [-0.3, -0.25) is 4.79 Å². The van der Waals surface area contributed by atoms with E-state index in [0.29, 0.717) is 12.5 Å². The molecule has 1 aliphatic heterocycles. The number of hydrogen-bond acceptors (Lipinski definition) is 2. The average molecular weight is 302 g/mol. The van der Waals surface area contributed by atoms with Crippen molar-refractivity contribution < 1.29 is 4.79 Å². The number of amides is 1.